The van der Waals surface area contributed by atoms with E-state index in [2.05, 4.69) is 20.8 Å². The highest BCUT2D eigenvalue weighted by atomic mass is 32.2. The zero-order valence-electron chi connectivity index (χ0n) is 18.0. The molecule has 4 rings (SSSR count). The van der Waals surface area contributed by atoms with Crippen molar-refractivity contribution < 1.29 is 36.3 Å². The number of hydrogen-bond acceptors (Lipinski definition) is 8. The van der Waals surface area contributed by atoms with Crippen molar-refractivity contribution in [3.05, 3.63) is 35.4 Å². The first-order valence-corrected chi connectivity index (χ1v) is 11.7. The van der Waals surface area contributed by atoms with Crippen molar-refractivity contribution in [1.82, 2.24) is 0 Å². The van der Waals surface area contributed by atoms with Crippen LogP contribution in [0.5, 0.6) is 0 Å². The van der Waals surface area contributed by atoms with Crippen molar-refractivity contribution in [2.45, 2.75) is 82.3 Å². The molecule has 0 saturated carbocycles. The van der Waals surface area contributed by atoms with Gasteiger partial charge in [-0.15, -0.1) is 0 Å². The van der Waals surface area contributed by atoms with Gasteiger partial charge >= 0.3 is 0 Å². The van der Waals surface area contributed by atoms with E-state index in [1.54, 1.807) is 13.8 Å². The van der Waals surface area contributed by atoms with Gasteiger partial charge in [0.25, 0.3) is 10.1 Å². The van der Waals surface area contributed by atoms with Gasteiger partial charge in [0.2, 0.25) is 0 Å². The first kappa shape index (κ1) is 22.1. The molecule has 0 aromatic heterocycles. The molecule has 0 aliphatic carbocycles. The minimum Gasteiger partial charge on any atom is -0.348 e. The third-order valence-corrected chi connectivity index (χ3v) is 6.72. The van der Waals surface area contributed by atoms with Crippen LogP contribution in [0.1, 0.15) is 45.7 Å². The predicted octanol–water partition coefficient (Wildman–Crippen LogP) is 2.45. The summed E-state index contributed by atoms with van der Waals surface area (Å²) in [4.78, 5) is 0. The Morgan fingerprint density at radius 2 is 1.80 bits per heavy atom. The average molecular weight is 443 g/mol. The molecule has 0 radical (unpaired) electrons. The highest BCUT2D eigenvalue weighted by Gasteiger charge is 2.56. The maximum absolute atomic E-state index is 12.9. The fourth-order valence-corrected chi connectivity index (χ4v) is 5.16. The van der Waals surface area contributed by atoms with Gasteiger partial charge in [0, 0.05) is 0 Å². The van der Waals surface area contributed by atoms with Crippen LogP contribution in [0.4, 0.5) is 0 Å². The van der Waals surface area contributed by atoms with Crippen LogP contribution in [0.25, 0.3) is 0 Å². The molecule has 30 heavy (non-hydrogen) atoms. The summed E-state index contributed by atoms with van der Waals surface area (Å²) >= 11 is 0. The van der Waals surface area contributed by atoms with Crippen molar-refractivity contribution in [3.63, 3.8) is 0 Å². The van der Waals surface area contributed by atoms with Crippen LogP contribution in [-0.4, -0.2) is 58.3 Å². The molecule has 168 valence electrons. The summed E-state index contributed by atoms with van der Waals surface area (Å²) in [5.41, 5.74) is 1.78. The Bertz CT molecular complexity index is 858. The maximum atomic E-state index is 12.9. The molecule has 1 aromatic rings. The van der Waals surface area contributed by atoms with Gasteiger partial charge in [-0.25, -0.2) is 0 Å². The largest absolute Gasteiger partial charge is 0.348 e. The van der Waals surface area contributed by atoms with Crippen LogP contribution in [-0.2, 0) is 49.2 Å². The second-order valence-electron chi connectivity index (χ2n) is 9.46. The highest BCUT2D eigenvalue weighted by molar-refractivity contribution is 7.85. The van der Waals surface area contributed by atoms with Crippen LogP contribution < -0.4 is 0 Å². The molecule has 1 aromatic carbocycles. The van der Waals surface area contributed by atoms with Crippen LogP contribution >= 0.6 is 0 Å². The van der Waals surface area contributed by atoms with Gasteiger partial charge in [0.15, 0.2) is 18.9 Å². The first-order valence-electron chi connectivity index (χ1n) is 10.1. The quantitative estimate of drug-likeness (QED) is 0.643. The molecule has 8 nitrogen and oxygen atoms in total. The summed E-state index contributed by atoms with van der Waals surface area (Å²) in [5.74, 6) is -1.02. The van der Waals surface area contributed by atoms with Crippen LogP contribution in [0.3, 0.4) is 0 Å². The maximum Gasteiger partial charge on any atom is 0.271 e. The summed E-state index contributed by atoms with van der Waals surface area (Å²) in [6.45, 7) is 10.2. The first-order chi connectivity index (χ1) is 13.9. The van der Waals surface area contributed by atoms with E-state index >= 15 is 0 Å². The molecule has 3 heterocycles. The van der Waals surface area contributed by atoms with E-state index in [4.69, 9.17) is 27.9 Å². The standard InChI is InChI=1S/C21H30O8S/c1-20(2,3)14-8-6-13(7-9-14)11-30(22,23)29-17-16(15-10-26-21(4,5)28-15)27-19-18(17)24-12-25-19/h6-9,15-19H,10-12H2,1-5H3/t15-,16+,17+,18+,19-/m0/s1. The van der Waals surface area contributed by atoms with Gasteiger partial charge in [0.1, 0.15) is 30.2 Å². The van der Waals surface area contributed by atoms with E-state index in [0.717, 1.165) is 5.56 Å². The van der Waals surface area contributed by atoms with Gasteiger partial charge < -0.3 is 23.7 Å². The van der Waals surface area contributed by atoms with Crippen LogP contribution in [0.15, 0.2) is 24.3 Å². The Hall–Kier alpha value is -1.07. The van der Waals surface area contributed by atoms with Gasteiger partial charge in [0.05, 0.1) is 6.61 Å². The lowest BCUT2D eigenvalue weighted by molar-refractivity contribution is -0.183. The van der Waals surface area contributed by atoms with Gasteiger partial charge in [-0.3, -0.25) is 4.18 Å². The van der Waals surface area contributed by atoms with Crippen LogP contribution in [0, 0.1) is 0 Å². The molecule has 9 heteroatoms. The van der Waals surface area contributed by atoms with Gasteiger partial charge in [-0.05, 0) is 30.4 Å². The Labute approximate surface area is 177 Å². The molecular formula is C21H30O8S. The van der Waals surface area contributed by atoms with Gasteiger partial charge in [-0.2, -0.15) is 8.42 Å². The highest BCUT2D eigenvalue weighted by Crippen LogP contribution is 2.38. The third-order valence-electron chi connectivity index (χ3n) is 5.52. The molecular weight excluding hydrogens is 412 g/mol. The summed E-state index contributed by atoms with van der Waals surface area (Å²) < 4.78 is 59.7. The van der Waals surface area contributed by atoms with E-state index < -0.39 is 46.6 Å². The monoisotopic (exact) mass is 442 g/mol. The lowest BCUT2D eigenvalue weighted by Crippen LogP contribution is -2.44. The molecule has 3 saturated heterocycles. The SMILES string of the molecule is CC1(C)OC[C@@H]([C@H]2O[C@@H]3OCO[C@@H]3[C@@H]2OS(=O)(=O)Cc2ccc(C(C)(C)C)cc2)O1. The Balaban J connectivity index is 1.48. The molecule has 0 spiro atoms. The minimum absolute atomic E-state index is 0.00569. The Kier molecular flexibility index (Phi) is 5.76. The summed E-state index contributed by atoms with van der Waals surface area (Å²) in [5, 5.41) is 0. The lowest BCUT2D eigenvalue weighted by atomic mass is 9.87. The Morgan fingerprint density at radius 3 is 2.40 bits per heavy atom. The summed E-state index contributed by atoms with van der Waals surface area (Å²) in [6.07, 6.45) is -3.36. The van der Waals surface area contributed by atoms with Crippen molar-refractivity contribution in [2.24, 2.45) is 0 Å². The second-order valence-corrected chi connectivity index (χ2v) is 11.1. The zero-order chi connectivity index (χ0) is 21.7. The zero-order valence-corrected chi connectivity index (χ0v) is 18.8. The topological polar surface area (TPSA) is 89.5 Å². The molecule has 5 atom stereocenters. The Morgan fingerprint density at radius 1 is 1.10 bits per heavy atom. The van der Waals surface area contributed by atoms with Crippen molar-refractivity contribution >= 4 is 10.1 Å². The smallest absolute Gasteiger partial charge is 0.271 e. The molecule has 0 unspecified atom stereocenters. The third kappa shape index (κ3) is 4.72. The number of benzene rings is 1. The second kappa shape index (κ2) is 7.81. The molecule has 3 fully saturated rings. The lowest BCUT2D eigenvalue weighted by Gasteiger charge is -2.26. The number of ether oxygens (including phenoxy) is 5. The van der Waals surface area contributed by atoms with Gasteiger partial charge in [-0.1, -0.05) is 45.0 Å². The minimum atomic E-state index is -3.91. The van der Waals surface area contributed by atoms with Crippen molar-refractivity contribution in [3.8, 4) is 0 Å². The van der Waals surface area contributed by atoms with Crippen molar-refractivity contribution in [1.29, 1.82) is 0 Å². The van der Waals surface area contributed by atoms with E-state index in [0.29, 0.717) is 5.56 Å². The molecule has 0 bridgehead atoms. The number of hydrogen-bond donors (Lipinski definition) is 0. The summed E-state index contributed by atoms with van der Waals surface area (Å²) in [6, 6.07) is 7.53. The van der Waals surface area contributed by atoms with E-state index in [1.165, 1.54) is 0 Å². The van der Waals surface area contributed by atoms with Crippen LogP contribution in [0.2, 0.25) is 0 Å². The molecule has 0 N–H and O–H groups in total. The fourth-order valence-electron chi connectivity index (χ4n) is 3.94. The summed E-state index contributed by atoms with van der Waals surface area (Å²) in [7, 11) is -3.91. The van der Waals surface area contributed by atoms with E-state index in [1.807, 2.05) is 24.3 Å². The molecule has 0 amide bonds. The fraction of sp³-hybridized carbons (Fsp3) is 0.714. The normalized spacial score (nSPS) is 33.7. The molecule has 3 aliphatic heterocycles. The van der Waals surface area contributed by atoms with Crippen molar-refractivity contribution in [2.75, 3.05) is 13.4 Å². The number of rotatable bonds is 5. The van der Waals surface area contributed by atoms with E-state index in [-0.39, 0.29) is 24.6 Å². The van der Waals surface area contributed by atoms with E-state index in [9.17, 15) is 8.42 Å². The predicted molar refractivity (Wildman–Crippen MR) is 107 cm³/mol. The average Bonchev–Trinajstić information content (AvgIpc) is 3.30. The molecule has 3 aliphatic rings. The number of fused-ring (bicyclic) bond motifs is 1.